The maximum absolute atomic E-state index is 14.0. The van der Waals surface area contributed by atoms with Crippen LogP contribution in [0.1, 0.15) is 59.3 Å². The lowest BCUT2D eigenvalue weighted by Gasteiger charge is -2.58. The molecule has 1 heterocycles. The summed E-state index contributed by atoms with van der Waals surface area (Å²) < 4.78 is 52.7. The molecule has 5 aliphatic rings. The molecule has 3 atom stereocenters. The molecule has 5 rings (SSSR count). The number of carbonyl (C=O) groups excluding carboxylic acids is 3. The molecule has 0 radical (unpaired) electrons. The van der Waals surface area contributed by atoms with E-state index in [0.717, 1.165) is 24.2 Å². The number of nitrogens with one attached hydrogen (secondary N) is 1. The number of hydrogen-bond acceptors (Lipinski definition) is 5. The van der Waals surface area contributed by atoms with Gasteiger partial charge in [-0.2, -0.15) is 13.2 Å². The van der Waals surface area contributed by atoms with Crippen molar-refractivity contribution in [3.05, 3.63) is 0 Å². The zero-order valence-corrected chi connectivity index (χ0v) is 19.2. The molecule has 3 unspecified atom stereocenters. The minimum atomic E-state index is -4.78. The number of amides is 3. The lowest BCUT2D eigenvalue weighted by molar-refractivity contribution is -0.191. The highest BCUT2D eigenvalue weighted by molar-refractivity contribution is 5.81. The summed E-state index contributed by atoms with van der Waals surface area (Å²) in [5.41, 5.74) is 1.57. The zero-order chi connectivity index (χ0) is 24.4. The number of primary amides is 1. The first-order valence-electron chi connectivity index (χ1n) is 11.5. The summed E-state index contributed by atoms with van der Waals surface area (Å²) in [4.78, 5) is 38.1. The van der Waals surface area contributed by atoms with Crippen LogP contribution in [0.5, 0.6) is 0 Å². The van der Waals surface area contributed by atoms with Crippen molar-refractivity contribution < 1.29 is 37.0 Å². The molecule has 0 aromatic rings. The second-order valence-corrected chi connectivity index (χ2v) is 11.3. The van der Waals surface area contributed by atoms with E-state index < -0.39 is 54.0 Å². The third-order valence-electron chi connectivity index (χ3n) is 7.76. The minimum absolute atomic E-state index is 0.0115. The van der Waals surface area contributed by atoms with Crippen LogP contribution in [-0.4, -0.2) is 59.5 Å². The highest BCUT2D eigenvalue weighted by atomic mass is 19.4. The molecule has 3 amide bonds. The predicted octanol–water partition coefficient (Wildman–Crippen LogP) is 3.33. The van der Waals surface area contributed by atoms with Crippen LogP contribution in [0.4, 0.5) is 22.8 Å². The average molecular weight is 476 g/mol. The fraction of sp³-hybridized carbons (Fsp3) is 0.864. The summed E-state index contributed by atoms with van der Waals surface area (Å²) in [5, 5.41) is 1.96. The van der Waals surface area contributed by atoms with Crippen LogP contribution in [0.15, 0.2) is 0 Å². The molecule has 4 saturated carbocycles. The van der Waals surface area contributed by atoms with Gasteiger partial charge in [-0.05, 0) is 77.0 Å². The van der Waals surface area contributed by atoms with E-state index in [1.54, 1.807) is 20.8 Å². The molecule has 0 spiro atoms. The van der Waals surface area contributed by atoms with Crippen molar-refractivity contribution in [3.8, 4) is 0 Å². The Balaban J connectivity index is 1.43. The van der Waals surface area contributed by atoms with Gasteiger partial charge in [0, 0.05) is 6.54 Å². The fourth-order valence-corrected chi connectivity index (χ4v) is 6.53. The first-order chi connectivity index (χ1) is 15.1. The summed E-state index contributed by atoms with van der Waals surface area (Å²) in [6, 6.07) is 0. The predicted molar refractivity (Wildman–Crippen MR) is 110 cm³/mol. The molecule has 186 valence electrons. The number of ether oxygens (including phenoxy) is 2. The third-order valence-corrected chi connectivity index (χ3v) is 7.76. The van der Waals surface area contributed by atoms with Gasteiger partial charge in [-0.25, -0.2) is 9.59 Å². The molecule has 4 bridgehead atoms. The van der Waals surface area contributed by atoms with Crippen molar-refractivity contribution in [2.75, 3.05) is 13.1 Å². The average Bonchev–Trinajstić information content (AvgIpc) is 3.07. The normalized spacial score (nSPS) is 37.7. The summed E-state index contributed by atoms with van der Waals surface area (Å²) in [6.45, 7) is 3.71. The Labute approximate surface area is 190 Å². The topological polar surface area (TPSA) is 111 Å². The summed E-state index contributed by atoms with van der Waals surface area (Å²) in [7, 11) is 0. The van der Waals surface area contributed by atoms with Crippen LogP contribution in [0.2, 0.25) is 0 Å². The lowest BCUT2D eigenvalue weighted by Crippen LogP contribution is -2.61. The number of alkyl carbamates (subject to hydrolysis) is 1. The van der Waals surface area contributed by atoms with E-state index in [4.69, 9.17) is 15.2 Å². The number of nitrogens with two attached hydrogens (primary N) is 1. The van der Waals surface area contributed by atoms with Crippen molar-refractivity contribution in [3.63, 3.8) is 0 Å². The molecule has 8 nitrogen and oxygen atoms in total. The zero-order valence-electron chi connectivity index (χ0n) is 19.2. The van der Waals surface area contributed by atoms with E-state index in [-0.39, 0.29) is 24.3 Å². The first-order valence-corrected chi connectivity index (χ1v) is 11.5. The molecule has 0 aromatic carbocycles. The smallest absolute Gasteiger partial charge is 0.413 e. The van der Waals surface area contributed by atoms with Crippen LogP contribution in [0.3, 0.4) is 0 Å². The largest absolute Gasteiger partial charge is 0.446 e. The van der Waals surface area contributed by atoms with Crippen molar-refractivity contribution in [1.29, 1.82) is 0 Å². The van der Waals surface area contributed by atoms with Crippen LogP contribution in [0, 0.1) is 23.2 Å². The highest BCUT2D eigenvalue weighted by Crippen LogP contribution is 2.60. The Morgan fingerprint density at radius 2 is 1.67 bits per heavy atom. The van der Waals surface area contributed by atoms with Gasteiger partial charge >= 0.3 is 18.4 Å². The van der Waals surface area contributed by atoms with Gasteiger partial charge < -0.3 is 25.4 Å². The van der Waals surface area contributed by atoms with E-state index in [2.05, 4.69) is 0 Å². The van der Waals surface area contributed by atoms with Crippen LogP contribution >= 0.6 is 0 Å². The minimum Gasteiger partial charge on any atom is -0.446 e. The van der Waals surface area contributed by atoms with Gasteiger partial charge in [-0.3, -0.25) is 4.79 Å². The summed E-state index contributed by atoms with van der Waals surface area (Å²) in [6.07, 6.45) is -4.17. The van der Waals surface area contributed by atoms with Gasteiger partial charge in [0.2, 0.25) is 5.91 Å². The molecular formula is C22H32F3N3O5. The number of hydrogen-bond donors (Lipinski definition) is 2. The summed E-state index contributed by atoms with van der Waals surface area (Å²) >= 11 is 0. The molecule has 0 aromatic heterocycles. The van der Waals surface area contributed by atoms with Gasteiger partial charge in [0.25, 0.3) is 0 Å². The van der Waals surface area contributed by atoms with Crippen molar-refractivity contribution in [2.24, 2.45) is 28.9 Å². The first kappa shape index (κ1) is 23.9. The maximum Gasteiger partial charge on any atom is 0.413 e. The quantitative estimate of drug-likeness (QED) is 0.651. The molecule has 11 heteroatoms. The number of likely N-dealkylation sites (tertiary alicyclic amines) is 1. The van der Waals surface area contributed by atoms with Crippen molar-refractivity contribution >= 4 is 18.1 Å². The second-order valence-electron chi connectivity index (χ2n) is 11.3. The molecular weight excluding hydrogens is 443 g/mol. The Kier molecular flexibility index (Phi) is 5.56. The Morgan fingerprint density at radius 1 is 1.06 bits per heavy atom. The number of rotatable bonds is 3. The lowest BCUT2D eigenvalue weighted by atomic mass is 9.48. The molecule has 4 aliphatic carbocycles. The van der Waals surface area contributed by atoms with Crippen LogP contribution in [0.25, 0.3) is 0 Å². The van der Waals surface area contributed by atoms with Gasteiger partial charge in [-0.15, -0.1) is 0 Å². The van der Waals surface area contributed by atoms with Crippen molar-refractivity contribution in [1.82, 2.24) is 10.2 Å². The number of halogens is 3. The SMILES string of the molecule is CC(C)(C)OC(=O)NC1(C(F)(F)F)CCN(C(=O)OC2C3CC4CC2CC(C(N)=O)(C4)C3)C1. The number of nitrogens with zero attached hydrogens (tertiary/aromatic N) is 1. The Hall–Kier alpha value is -2.20. The number of carbonyl (C=O) groups is 3. The summed E-state index contributed by atoms with van der Waals surface area (Å²) in [5.74, 6) is 0.0344. The molecule has 3 N–H and O–H groups in total. The van der Waals surface area contributed by atoms with Crippen molar-refractivity contribution in [2.45, 2.75) is 82.7 Å². The fourth-order valence-electron chi connectivity index (χ4n) is 6.53. The molecule has 1 aliphatic heterocycles. The number of alkyl halides is 3. The third kappa shape index (κ3) is 4.35. The standard InChI is InChI=1S/C22H32F3N3O5/c1-19(2,3)33-17(30)27-21(22(23,24)25)4-5-28(11-21)18(31)32-15-13-6-12-7-14(15)10-20(8-12,9-13)16(26)29/h12-15H,4-11H2,1-3H3,(H2,26,29)(H,27,30). The Morgan fingerprint density at radius 3 is 2.18 bits per heavy atom. The second kappa shape index (κ2) is 7.66. The van der Waals surface area contributed by atoms with Gasteiger partial charge in [0.15, 0.2) is 5.54 Å². The van der Waals surface area contributed by atoms with E-state index in [1.807, 2.05) is 5.32 Å². The van der Waals surface area contributed by atoms with E-state index in [9.17, 15) is 27.6 Å². The van der Waals surface area contributed by atoms with Gasteiger partial charge in [0.05, 0.1) is 12.0 Å². The molecule has 1 saturated heterocycles. The molecule has 5 fully saturated rings. The van der Waals surface area contributed by atoms with Crippen LogP contribution < -0.4 is 11.1 Å². The maximum atomic E-state index is 14.0. The van der Waals surface area contributed by atoms with Gasteiger partial charge in [-0.1, -0.05) is 0 Å². The Bertz CT molecular complexity index is 826. The highest BCUT2D eigenvalue weighted by Gasteiger charge is 2.62. The van der Waals surface area contributed by atoms with Crippen LogP contribution in [-0.2, 0) is 14.3 Å². The monoisotopic (exact) mass is 475 g/mol. The van der Waals surface area contributed by atoms with E-state index in [0.29, 0.717) is 18.8 Å². The van der Waals surface area contributed by atoms with Gasteiger partial charge in [0.1, 0.15) is 11.7 Å². The van der Waals surface area contributed by atoms with E-state index >= 15 is 0 Å². The van der Waals surface area contributed by atoms with E-state index in [1.165, 1.54) is 0 Å². The molecule has 33 heavy (non-hydrogen) atoms.